The number of carbonyl (C=O) groups excluding carboxylic acids is 1. The Labute approximate surface area is 100 Å². The highest BCUT2D eigenvalue weighted by molar-refractivity contribution is 5.79. The average Bonchev–Trinajstić information content (AvgIpc) is 2.29. The van der Waals surface area contributed by atoms with Crippen molar-refractivity contribution in [3.8, 4) is 0 Å². The quantitative estimate of drug-likeness (QED) is 0.448. The van der Waals surface area contributed by atoms with Crippen molar-refractivity contribution in [2.75, 3.05) is 11.4 Å². The van der Waals surface area contributed by atoms with Crippen LogP contribution in [0.4, 0.5) is 11.4 Å². The highest BCUT2D eigenvalue weighted by Crippen LogP contribution is 2.30. The number of nitro benzene ring substituents is 1. The molecule has 5 heteroatoms. The van der Waals surface area contributed by atoms with Crippen molar-refractivity contribution in [2.45, 2.75) is 26.8 Å². The molecule has 0 saturated heterocycles. The van der Waals surface area contributed by atoms with E-state index in [1.807, 2.05) is 25.7 Å². The number of aldehydes is 1. The normalized spacial score (nSPS) is 10.4. The van der Waals surface area contributed by atoms with Gasteiger partial charge in [-0.15, -0.1) is 0 Å². The molecule has 0 fully saturated rings. The molecule has 1 aromatic rings. The van der Waals surface area contributed by atoms with E-state index in [1.54, 1.807) is 12.1 Å². The third-order valence-corrected chi connectivity index (χ3v) is 2.61. The first kappa shape index (κ1) is 13.2. The lowest BCUT2D eigenvalue weighted by molar-refractivity contribution is -0.384. The monoisotopic (exact) mass is 236 g/mol. The molecular formula is C12H16N2O3. The van der Waals surface area contributed by atoms with Gasteiger partial charge in [0.25, 0.3) is 5.69 Å². The van der Waals surface area contributed by atoms with Gasteiger partial charge in [-0.25, -0.2) is 0 Å². The van der Waals surface area contributed by atoms with E-state index in [-0.39, 0.29) is 11.7 Å². The molecule has 0 aliphatic rings. The number of carbonyl (C=O) groups is 1. The van der Waals surface area contributed by atoms with E-state index < -0.39 is 4.92 Å². The summed E-state index contributed by atoms with van der Waals surface area (Å²) >= 11 is 0. The molecule has 0 saturated carbocycles. The molecule has 0 amide bonds. The van der Waals surface area contributed by atoms with Crippen LogP contribution in [0.25, 0.3) is 0 Å². The zero-order valence-electron chi connectivity index (χ0n) is 10.2. The summed E-state index contributed by atoms with van der Waals surface area (Å²) in [4.78, 5) is 23.1. The van der Waals surface area contributed by atoms with Crippen LogP contribution in [0.3, 0.4) is 0 Å². The first-order chi connectivity index (χ1) is 8.01. The first-order valence-electron chi connectivity index (χ1n) is 5.51. The molecule has 0 aliphatic heterocycles. The minimum atomic E-state index is -0.451. The first-order valence-corrected chi connectivity index (χ1v) is 5.51. The summed E-state index contributed by atoms with van der Waals surface area (Å²) < 4.78 is 0. The van der Waals surface area contributed by atoms with Crippen molar-refractivity contribution < 1.29 is 9.72 Å². The maximum Gasteiger partial charge on any atom is 0.293 e. The van der Waals surface area contributed by atoms with Gasteiger partial charge < -0.3 is 4.90 Å². The molecule has 0 aromatic heterocycles. The Kier molecular flexibility index (Phi) is 4.20. The summed E-state index contributed by atoms with van der Waals surface area (Å²) in [5.74, 6) is 0. The highest BCUT2D eigenvalue weighted by atomic mass is 16.6. The SMILES string of the molecule is CCN(c1ccc(C=O)cc1[N+](=O)[O-])C(C)C. The second-order valence-corrected chi connectivity index (χ2v) is 4.00. The minimum Gasteiger partial charge on any atom is -0.364 e. The fraction of sp³-hybridized carbons (Fsp3) is 0.417. The van der Waals surface area contributed by atoms with Crippen LogP contribution in [0.1, 0.15) is 31.1 Å². The third kappa shape index (κ3) is 2.81. The Balaban J connectivity index is 3.31. The van der Waals surface area contributed by atoms with Crippen LogP contribution in [0.2, 0.25) is 0 Å². The van der Waals surface area contributed by atoms with Crippen molar-refractivity contribution in [1.82, 2.24) is 0 Å². The van der Waals surface area contributed by atoms with Crippen LogP contribution in [0.15, 0.2) is 18.2 Å². The molecule has 0 atom stereocenters. The van der Waals surface area contributed by atoms with Crippen LogP contribution in [0.5, 0.6) is 0 Å². The predicted octanol–water partition coefficient (Wildman–Crippen LogP) is 2.64. The van der Waals surface area contributed by atoms with Crippen molar-refractivity contribution in [2.24, 2.45) is 0 Å². The predicted molar refractivity (Wildman–Crippen MR) is 66.6 cm³/mol. The van der Waals surface area contributed by atoms with E-state index in [9.17, 15) is 14.9 Å². The molecule has 5 nitrogen and oxygen atoms in total. The Morgan fingerprint density at radius 3 is 2.53 bits per heavy atom. The van der Waals surface area contributed by atoms with E-state index >= 15 is 0 Å². The van der Waals surface area contributed by atoms with Gasteiger partial charge in [0.05, 0.1) is 4.92 Å². The largest absolute Gasteiger partial charge is 0.364 e. The molecule has 0 heterocycles. The molecule has 92 valence electrons. The maximum absolute atomic E-state index is 11.0. The van der Waals surface area contributed by atoms with Crippen molar-refractivity contribution >= 4 is 17.7 Å². The van der Waals surface area contributed by atoms with Crippen LogP contribution < -0.4 is 4.90 Å². The van der Waals surface area contributed by atoms with Crippen LogP contribution in [0, 0.1) is 10.1 Å². The van der Waals surface area contributed by atoms with Crippen molar-refractivity contribution in [1.29, 1.82) is 0 Å². The van der Waals surface area contributed by atoms with Gasteiger partial charge in [-0.1, -0.05) is 0 Å². The van der Waals surface area contributed by atoms with Gasteiger partial charge >= 0.3 is 0 Å². The Hall–Kier alpha value is -1.91. The van der Waals surface area contributed by atoms with Gasteiger partial charge in [-0.05, 0) is 32.9 Å². The number of hydrogen-bond donors (Lipinski definition) is 0. The van der Waals surface area contributed by atoms with Crippen molar-refractivity contribution in [3.63, 3.8) is 0 Å². The number of hydrogen-bond acceptors (Lipinski definition) is 4. The van der Waals surface area contributed by atoms with E-state index in [0.29, 0.717) is 24.1 Å². The van der Waals surface area contributed by atoms with Gasteiger partial charge in [0, 0.05) is 24.2 Å². The molecule has 0 unspecified atom stereocenters. The summed E-state index contributed by atoms with van der Waals surface area (Å²) in [5.41, 5.74) is 0.850. The van der Waals surface area contributed by atoms with Crippen molar-refractivity contribution in [3.05, 3.63) is 33.9 Å². The smallest absolute Gasteiger partial charge is 0.293 e. The van der Waals surface area contributed by atoms with Gasteiger partial charge in [-0.2, -0.15) is 0 Å². The second-order valence-electron chi connectivity index (χ2n) is 4.00. The number of rotatable bonds is 5. The van der Waals surface area contributed by atoms with Crippen LogP contribution in [-0.2, 0) is 0 Å². The average molecular weight is 236 g/mol. The molecule has 0 bridgehead atoms. The minimum absolute atomic E-state index is 0.0230. The fourth-order valence-electron chi connectivity index (χ4n) is 1.82. The summed E-state index contributed by atoms with van der Waals surface area (Å²) in [5, 5.41) is 11.0. The fourth-order valence-corrected chi connectivity index (χ4v) is 1.82. The summed E-state index contributed by atoms with van der Waals surface area (Å²) in [6, 6.07) is 4.71. The standard InChI is InChI=1S/C12H16N2O3/c1-4-13(9(2)3)11-6-5-10(8-15)7-12(11)14(16)17/h5-9H,4H2,1-3H3. The maximum atomic E-state index is 11.0. The zero-order chi connectivity index (χ0) is 13.0. The molecule has 17 heavy (non-hydrogen) atoms. The number of benzene rings is 1. The van der Waals surface area contributed by atoms with Gasteiger partial charge in [0.2, 0.25) is 0 Å². The zero-order valence-corrected chi connectivity index (χ0v) is 10.2. The lowest BCUT2D eigenvalue weighted by atomic mass is 10.1. The Bertz CT molecular complexity index is 430. The summed E-state index contributed by atoms with van der Waals surface area (Å²) in [7, 11) is 0. The van der Waals surface area contributed by atoms with E-state index in [0.717, 1.165) is 0 Å². The molecule has 1 aromatic carbocycles. The number of nitro groups is 1. The van der Waals surface area contributed by atoms with Gasteiger partial charge in [0.15, 0.2) is 0 Å². The highest BCUT2D eigenvalue weighted by Gasteiger charge is 2.20. The molecule has 1 rings (SSSR count). The second kappa shape index (κ2) is 5.43. The van der Waals surface area contributed by atoms with Gasteiger partial charge in [0.1, 0.15) is 12.0 Å². The van der Waals surface area contributed by atoms with Crippen LogP contribution in [-0.4, -0.2) is 23.8 Å². The van der Waals surface area contributed by atoms with E-state index in [1.165, 1.54) is 6.07 Å². The van der Waals surface area contributed by atoms with Gasteiger partial charge in [-0.3, -0.25) is 14.9 Å². The molecule has 0 N–H and O–H groups in total. The topological polar surface area (TPSA) is 63.5 Å². The third-order valence-electron chi connectivity index (χ3n) is 2.61. The lowest BCUT2D eigenvalue weighted by Crippen LogP contribution is -2.30. The molecular weight excluding hydrogens is 220 g/mol. The lowest BCUT2D eigenvalue weighted by Gasteiger charge is -2.27. The number of anilines is 1. The summed E-state index contributed by atoms with van der Waals surface area (Å²) in [6.07, 6.45) is 0.614. The Morgan fingerprint density at radius 1 is 1.47 bits per heavy atom. The van der Waals surface area contributed by atoms with Crippen LogP contribution >= 0.6 is 0 Å². The van der Waals surface area contributed by atoms with E-state index in [4.69, 9.17) is 0 Å². The number of nitrogens with zero attached hydrogens (tertiary/aromatic N) is 2. The molecule has 0 spiro atoms. The summed E-state index contributed by atoms with van der Waals surface area (Å²) in [6.45, 7) is 6.57. The molecule has 0 aliphatic carbocycles. The Morgan fingerprint density at radius 2 is 2.12 bits per heavy atom. The van der Waals surface area contributed by atoms with E-state index in [2.05, 4.69) is 0 Å². The molecule has 0 radical (unpaired) electrons.